The molecular formula is C8H5Cl2N3O. The predicted molar refractivity (Wildman–Crippen MR) is 53.1 cm³/mol. The number of pyridine rings is 1. The Morgan fingerprint density at radius 2 is 2.29 bits per heavy atom. The van der Waals surface area contributed by atoms with Gasteiger partial charge in [0.1, 0.15) is 11.8 Å². The number of halogens is 2. The minimum atomic E-state index is -1.12. The smallest absolute Gasteiger partial charge is 0.257 e. The lowest BCUT2D eigenvalue weighted by Crippen LogP contribution is -2.18. The Morgan fingerprint density at radius 1 is 1.57 bits per heavy atom. The molecule has 4 nitrogen and oxygen atoms in total. The quantitative estimate of drug-likeness (QED) is 0.786. The topological polar surface area (TPSA) is 65.8 Å². The first kappa shape index (κ1) is 10.8. The summed E-state index contributed by atoms with van der Waals surface area (Å²) in [6.07, 6.45) is 1.35. The molecule has 1 aromatic heterocycles. The van der Waals surface area contributed by atoms with Crippen molar-refractivity contribution < 1.29 is 4.79 Å². The monoisotopic (exact) mass is 229 g/mol. The number of nitrogens with one attached hydrogen (secondary N) is 1. The van der Waals surface area contributed by atoms with E-state index in [1.165, 1.54) is 12.3 Å². The highest BCUT2D eigenvalue weighted by Crippen LogP contribution is 2.09. The molecule has 0 unspecified atom stereocenters. The molecule has 1 amide bonds. The van der Waals surface area contributed by atoms with Gasteiger partial charge in [0.2, 0.25) is 0 Å². The summed E-state index contributed by atoms with van der Waals surface area (Å²) < 4.78 is 0. The van der Waals surface area contributed by atoms with Crippen LogP contribution in [0.25, 0.3) is 0 Å². The van der Waals surface area contributed by atoms with Gasteiger partial charge in [-0.2, -0.15) is 5.26 Å². The zero-order valence-electron chi connectivity index (χ0n) is 6.87. The summed E-state index contributed by atoms with van der Waals surface area (Å²) in [6, 6.07) is 4.87. The highest BCUT2D eigenvalue weighted by atomic mass is 35.5. The zero-order chi connectivity index (χ0) is 10.6. The van der Waals surface area contributed by atoms with Crippen molar-refractivity contribution in [1.29, 1.82) is 5.26 Å². The Bertz CT molecular complexity index is 369. The highest BCUT2D eigenvalue weighted by molar-refractivity contribution is 6.54. The van der Waals surface area contributed by atoms with E-state index in [-0.39, 0.29) is 5.69 Å². The van der Waals surface area contributed by atoms with Crippen LogP contribution in [-0.4, -0.2) is 15.7 Å². The average Bonchev–Trinajstić information content (AvgIpc) is 2.19. The maximum Gasteiger partial charge on any atom is 0.257 e. The normalized spacial score (nSPS) is 9.57. The molecule has 0 radical (unpaired) electrons. The van der Waals surface area contributed by atoms with Crippen LogP contribution in [-0.2, 0) is 4.79 Å². The number of nitriles is 1. The maximum atomic E-state index is 11.0. The lowest BCUT2D eigenvalue weighted by Gasteiger charge is -2.03. The van der Waals surface area contributed by atoms with E-state index < -0.39 is 10.7 Å². The molecule has 0 atom stereocenters. The Kier molecular flexibility index (Phi) is 3.69. The van der Waals surface area contributed by atoms with Gasteiger partial charge >= 0.3 is 0 Å². The van der Waals surface area contributed by atoms with E-state index in [0.717, 1.165) is 0 Å². The fourth-order valence-corrected chi connectivity index (χ4v) is 0.840. The summed E-state index contributed by atoms with van der Waals surface area (Å²) in [7, 11) is 0. The number of carbonyl (C=O) groups is 1. The van der Waals surface area contributed by atoms with E-state index in [1.807, 2.05) is 6.07 Å². The van der Waals surface area contributed by atoms with E-state index in [2.05, 4.69) is 10.3 Å². The zero-order valence-corrected chi connectivity index (χ0v) is 8.38. The van der Waals surface area contributed by atoms with Gasteiger partial charge in [0.15, 0.2) is 4.84 Å². The summed E-state index contributed by atoms with van der Waals surface area (Å²) in [4.78, 5) is 13.6. The lowest BCUT2D eigenvalue weighted by atomic mass is 10.3. The molecule has 0 bridgehead atoms. The molecule has 0 aliphatic carbocycles. The highest BCUT2D eigenvalue weighted by Gasteiger charge is 2.11. The molecule has 14 heavy (non-hydrogen) atoms. The minimum Gasteiger partial charge on any atom is -0.322 e. The minimum absolute atomic E-state index is 0.274. The SMILES string of the molecule is N#Cc1ccc(NC(=O)C(Cl)Cl)cn1. The number of hydrogen-bond acceptors (Lipinski definition) is 3. The average molecular weight is 230 g/mol. The molecule has 1 rings (SSSR count). The second kappa shape index (κ2) is 4.80. The standard InChI is InChI=1S/C8H5Cl2N3O/c9-7(10)8(14)13-6-2-1-5(3-11)12-4-6/h1-2,4,7H,(H,13,14). The van der Waals surface area contributed by atoms with Crippen molar-refractivity contribution in [1.82, 2.24) is 4.98 Å². The van der Waals surface area contributed by atoms with Gasteiger partial charge in [-0.3, -0.25) is 4.79 Å². The number of anilines is 1. The third kappa shape index (κ3) is 2.87. The molecule has 0 spiro atoms. The summed E-state index contributed by atoms with van der Waals surface area (Å²) in [5, 5.41) is 10.9. The summed E-state index contributed by atoms with van der Waals surface area (Å²) in [5.41, 5.74) is 0.719. The van der Waals surface area contributed by atoms with Crippen LogP contribution in [0.15, 0.2) is 18.3 Å². The molecule has 0 saturated heterocycles. The van der Waals surface area contributed by atoms with Crippen LogP contribution in [0.5, 0.6) is 0 Å². The number of rotatable bonds is 2. The van der Waals surface area contributed by atoms with Crippen molar-refractivity contribution >= 4 is 34.8 Å². The van der Waals surface area contributed by atoms with Gasteiger partial charge in [-0.05, 0) is 12.1 Å². The number of carbonyl (C=O) groups excluding carboxylic acids is 1. The van der Waals surface area contributed by atoms with Crippen molar-refractivity contribution in [2.75, 3.05) is 5.32 Å². The molecular weight excluding hydrogens is 225 g/mol. The van der Waals surface area contributed by atoms with E-state index >= 15 is 0 Å². The van der Waals surface area contributed by atoms with Gasteiger partial charge < -0.3 is 5.32 Å². The Morgan fingerprint density at radius 3 is 2.71 bits per heavy atom. The van der Waals surface area contributed by atoms with E-state index in [4.69, 9.17) is 28.5 Å². The molecule has 1 aromatic rings. The van der Waals surface area contributed by atoms with Crippen LogP contribution in [0.2, 0.25) is 0 Å². The summed E-state index contributed by atoms with van der Waals surface area (Å²) in [6.45, 7) is 0. The molecule has 0 aromatic carbocycles. The third-order valence-corrected chi connectivity index (χ3v) is 1.74. The van der Waals surface area contributed by atoms with E-state index in [0.29, 0.717) is 5.69 Å². The van der Waals surface area contributed by atoms with Crippen molar-refractivity contribution in [2.45, 2.75) is 4.84 Å². The number of amides is 1. The van der Waals surface area contributed by atoms with Gasteiger partial charge in [-0.25, -0.2) is 4.98 Å². The lowest BCUT2D eigenvalue weighted by molar-refractivity contribution is -0.114. The first-order chi connectivity index (χ1) is 6.63. The van der Waals surface area contributed by atoms with Crippen molar-refractivity contribution in [3.8, 4) is 6.07 Å². The first-order valence-electron chi connectivity index (χ1n) is 3.58. The van der Waals surface area contributed by atoms with Crippen LogP contribution in [0, 0.1) is 11.3 Å². The summed E-state index contributed by atoms with van der Waals surface area (Å²) in [5.74, 6) is -0.528. The summed E-state index contributed by atoms with van der Waals surface area (Å²) >= 11 is 10.6. The van der Waals surface area contributed by atoms with E-state index in [9.17, 15) is 4.79 Å². The Labute approximate surface area is 90.5 Å². The molecule has 0 fully saturated rings. The molecule has 72 valence electrons. The third-order valence-electron chi connectivity index (χ3n) is 1.34. The van der Waals surface area contributed by atoms with E-state index in [1.54, 1.807) is 6.07 Å². The fraction of sp³-hybridized carbons (Fsp3) is 0.125. The van der Waals surface area contributed by atoms with Gasteiger partial charge in [-0.1, -0.05) is 23.2 Å². The number of alkyl halides is 2. The fourth-order valence-electron chi connectivity index (χ4n) is 0.731. The first-order valence-corrected chi connectivity index (χ1v) is 4.46. The van der Waals surface area contributed by atoms with Gasteiger partial charge in [0, 0.05) is 0 Å². The van der Waals surface area contributed by atoms with Crippen LogP contribution >= 0.6 is 23.2 Å². The van der Waals surface area contributed by atoms with Gasteiger partial charge in [-0.15, -0.1) is 0 Å². The second-order valence-electron chi connectivity index (χ2n) is 2.33. The molecule has 1 heterocycles. The number of nitrogens with zero attached hydrogens (tertiary/aromatic N) is 2. The Balaban J connectivity index is 2.70. The van der Waals surface area contributed by atoms with Crippen molar-refractivity contribution in [2.24, 2.45) is 0 Å². The molecule has 1 N–H and O–H groups in total. The van der Waals surface area contributed by atoms with Crippen molar-refractivity contribution in [3.05, 3.63) is 24.0 Å². The number of aromatic nitrogens is 1. The molecule has 6 heteroatoms. The van der Waals surface area contributed by atoms with Crippen molar-refractivity contribution in [3.63, 3.8) is 0 Å². The molecule has 0 saturated carbocycles. The largest absolute Gasteiger partial charge is 0.322 e. The van der Waals surface area contributed by atoms with Crippen LogP contribution in [0.1, 0.15) is 5.69 Å². The van der Waals surface area contributed by atoms with Crippen LogP contribution in [0.3, 0.4) is 0 Å². The molecule has 0 aliphatic rings. The predicted octanol–water partition coefficient (Wildman–Crippen LogP) is 1.70. The van der Waals surface area contributed by atoms with Gasteiger partial charge in [0.25, 0.3) is 5.91 Å². The Hall–Kier alpha value is -1.31. The second-order valence-corrected chi connectivity index (χ2v) is 3.43. The molecule has 0 aliphatic heterocycles. The van der Waals surface area contributed by atoms with Gasteiger partial charge in [0.05, 0.1) is 11.9 Å². The number of hydrogen-bond donors (Lipinski definition) is 1. The van der Waals surface area contributed by atoms with Crippen LogP contribution < -0.4 is 5.32 Å². The van der Waals surface area contributed by atoms with Crippen LogP contribution in [0.4, 0.5) is 5.69 Å². The maximum absolute atomic E-state index is 11.0.